The van der Waals surface area contributed by atoms with E-state index in [1.165, 1.54) is 19.1 Å². The normalized spacial score (nSPS) is 11.7. The van der Waals surface area contributed by atoms with Crippen molar-refractivity contribution in [2.24, 2.45) is 4.99 Å². The van der Waals surface area contributed by atoms with Crippen molar-refractivity contribution in [3.63, 3.8) is 0 Å². The van der Waals surface area contributed by atoms with Gasteiger partial charge in [-0.05, 0) is 24.1 Å². The molecular formula is C15H26IN3O2S. The fourth-order valence-corrected chi connectivity index (χ4v) is 2.47. The first kappa shape index (κ1) is 21.2. The summed E-state index contributed by atoms with van der Waals surface area (Å²) < 4.78 is 22.8. The average Bonchev–Trinajstić information content (AvgIpc) is 2.46. The second-order valence-electron chi connectivity index (χ2n) is 4.98. The molecule has 0 aliphatic rings. The van der Waals surface area contributed by atoms with Crippen LogP contribution < -0.4 is 10.6 Å². The van der Waals surface area contributed by atoms with Crippen LogP contribution in [-0.4, -0.2) is 34.2 Å². The van der Waals surface area contributed by atoms with E-state index in [4.69, 9.17) is 0 Å². The number of hydrogen-bond donors (Lipinski definition) is 2. The second-order valence-corrected chi connectivity index (χ2v) is 6.99. The largest absolute Gasteiger partial charge is 0.356 e. The quantitative estimate of drug-likeness (QED) is 0.297. The molecule has 22 heavy (non-hydrogen) atoms. The molecule has 0 saturated heterocycles. The fraction of sp³-hybridized carbons (Fsp3) is 0.533. The van der Waals surface area contributed by atoms with Crippen molar-refractivity contribution in [3.8, 4) is 0 Å². The molecule has 2 N–H and O–H groups in total. The number of aliphatic imine (C=N–C) groups is 1. The highest BCUT2D eigenvalue weighted by atomic mass is 127. The van der Waals surface area contributed by atoms with E-state index in [1.54, 1.807) is 19.2 Å². The molecule has 0 spiro atoms. The average molecular weight is 439 g/mol. The molecule has 5 nitrogen and oxygen atoms in total. The third kappa shape index (κ3) is 7.98. The first-order valence-corrected chi connectivity index (χ1v) is 9.10. The van der Waals surface area contributed by atoms with Crippen LogP contribution in [-0.2, 0) is 16.4 Å². The van der Waals surface area contributed by atoms with Gasteiger partial charge in [0.1, 0.15) is 0 Å². The van der Waals surface area contributed by atoms with E-state index in [2.05, 4.69) is 22.5 Å². The van der Waals surface area contributed by atoms with E-state index in [0.29, 0.717) is 11.4 Å². The maximum Gasteiger partial charge on any atom is 0.191 e. The maximum atomic E-state index is 11.4. The highest BCUT2D eigenvalue weighted by molar-refractivity contribution is 14.0. The molecule has 0 fully saturated rings. The molecule has 0 atom stereocenters. The Labute approximate surface area is 150 Å². The Bertz CT molecular complexity index is 557. The summed E-state index contributed by atoms with van der Waals surface area (Å²) in [5.74, 6) is 0.762. The van der Waals surface area contributed by atoms with Gasteiger partial charge >= 0.3 is 0 Å². The number of nitrogens with zero attached hydrogens (tertiary/aromatic N) is 1. The van der Waals surface area contributed by atoms with Crippen molar-refractivity contribution in [3.05, 3.63) is 29.8 Å². The van der Waals surface area contributed by atoms with Gasteiger partial charge in [0.2, 0.25) is 0 Å². The SMILES string of the molecule is CCCCCNC(=NC)NCc1ccc(S(C)(=O)=O)cc1.I. The Morgan fingerprint density at radius 2 is 1.77 bits per heavy atom. The molecule has 1 aromatic carbocycles. The lowest BCUT2D eigenvalue weighted by molar-refractivity contribution is 0.602. The van der Waals surface area contributed by atoms with Gasteiger partial charge in [-0.3, -0.25) is 4.99 Å². The van der Waals surface area contributed by atoms with E-state index in [0.717, 1.165) is 24.5 Å². The Balaban J connectivity index is 0.00000441. The molecule has 0 bridgehead atoms. The predicted octanol–water partition coefficient (Wildman–Crippen LogP) is 2.56. The van der Waals surface area contributed by atoms with Crippen LogP contribution in [0.15, 0.2) is 34.2 Å². The van der Waals surface area contributed by atoms with Gasteiger partial charge < -0.3 is 10.6 Å². The topological polar surface area (TPSA) is 70.6 Å². The third-order valence-electron chi connectivity index (χ3n) is 3.11. The zero-order chi connectivity index (χ0) is 15.7. The highest BCUT2D eigenvalue weighted by Crippen LogP contribution is 2.10. The summed E-state index contributed by atoms with van der Waals surface area (Å²) in [7, 11) is -1.39. The van der Waals surface area contributed by atoms with Gasteiger partial charge in [0.15, 0.2) is 15.8 Å². The molecule has 1 rings (SSSR count). The van der Waals surface area contributed by atoms with Gasteiger partial charge in [0.05, 0.1) is 4.90 Å². The molecular weight excluding hydrogens is 413 g/mol. The smallest absolute Gasteiger partial charge is 0.191 e. The zero-order valence-electron chi connectivity index (χ0n) is 13.4. The molecule has 1 aromatic rings. The van der Waals surface area contributed by atoms with E-state index < -0.39 is 9.84 Å². The standard InChI is InChI=1S/C15H25N3O2S.HI/c1-4-5-6-11-17-15(16-2)18-12-13-7-9-14(10-8-13)21(3,19)20;/h7-10H,4-6,11-12H2,1-3H3,(H2,16,17,18);1H. The minimum Gasteiger partial charge on any atom is -0.356 e. The van der Waals surface area contributed by atoms with Gasteiger partial charge in [0, 0.05) is 26.4 Å². The number of guanidine groups is 1. The van der Waals surface area contributed by atoms with Gasteiger partial charge in [-0.25, -0.2) is 8.42 Å². The Morgan fingerprint density at radius 3 is 2.27 bits per heavy atom. The summed E-state index contributed by atoms with van der Waals surface area (Å²) in [6, 6.07) is 6.88. The summed E-state index contributed by atoms with van der Waals surface area (Å²) in [6.07, 6.45) is 4.74. The highest BCUT2D eigenvalue weighted by Gasteiger charge is 2.06. The summed E-state index contributed by atoms with van der Waals surface area (Å²) in [4.78, 5) is 4.50. The number of unbranched alkanes of at least 4 members (excludes halogenated alkanes) is 2. The lowest BCUT2D eigenvalue weighted by Gasteiger charge is -2.12. The Hall–Kier alpha value is -0.830. The van der Waals surface area contributed by atoms with E-state index in [9.17, 15) is 8.42 Å². The molecule has 0 amide bonds. The molecule has 0 unspecified atom stereocenters. The van der Waals surface area contributed by atoms with Crippen molar-refractivity contribution in [2.75, 3.05) is 19.8 Å². The Morgan fingerprint density at radius 1 is 1.14 bits per heavy atom. The molecule has 0 radical (unpaired) electrons. The lowest BCUT2D eigenvalue weighted by atomic mass is 10.2. The minimum absolute atomic E-state index is 0. The summed E-state index contributed by atoms with van der Waals surface area (Å²) >= 11 is 0. The molecule has 0 aliphatic carbocycles. The summed E-state index contributed by atoms with van der Waals surface area (Å²) in [6.45, 7) is 3.69. The predicted molar refractivity (Wildman–Crippen MR) is 103 cm³/mol. The third-order valence-corrected chi connectivity index (χ3v) is 4.24. The van der Waals surface area contributed by atoms with Gasteiger partial charge in [0.25, 0.3) is 0 Å². The molecule has 7 heteroatoms. The van der Waals surface area contributed by atoms with Crippen molar-refractivity contribution >= 4 is 39.8 Å². The monoisotopic (exact) mass is 439 g/mol. The second kappa shape index (κ2) is 10.8. The van der Waals surface area contributed by atoms with Gasteiger partial charge in [-0.1, -0.05) is 31.9 Å². The van der Waals surface area contributed by atoms with E-state index in [1.807, 2.05) is 12.1 Å². The number of nitrogens with one attached hydrogen (secondary N) is 2. The van der Waals surface area contributed by atoms with Crippen LogP contribution in [0.1, 0.15) is 31.7 Å². The minimum atomic E-state index is -3.13. The van der Waals surface area contributed by atoms with Crippen LogP contribution in [0, 0.1) is 0 Å². The lowest BCUT2D eigenvalue weighted by Crippen LogP contribution is -2.37. The van der Waals surface area contributed by atoms with Crippen LogP contribution in [0.4, 0.5) is 0 Å². The van der Waals surface area contributed by atoms with Gasteiger partial charge in [-0.2, -0.15) is 0 Å². The van der Waals surface area contributed by atoms with E-state index >= 15 is 0 Å². The first-order chi connectivity index (χ1) is 9.97. The summed E-state index contributed by atoms with van der Waals surface area (Å²) in [5, 5.41) is 6.46. The van der Waals surface area contributed by atoms with Crippen LogP contribution in [0.5, 0.6) is 0 Å². The van der Waals surface area contributed by atoms with Crippen molar-refractivity contribution < 1.29 is 8.42 Å². The molecule has 0 heterocycles. The van der Waals surface area contributed by atoms with Crippen molar-refractivity contribution in [2.45, 2.75) is 37.6 Å². The number of sulfone groups is 1. The Kier molecular flexibility index (Phi) is 10.4. The van der Waals surface area contributed by atoms with Crippen LogP contribution >= 0.6 is 24.0 Å². The van der Waals surface area contributed by atoms with E-state index in [-0.39, 0.29) is 24.0 Å². The molecule has 0 aromatic heterocycles. The molecule has 0 saturated carbocycles. The maximum absolute atomic E-state index is 11.4. The van der Waals surface area contributed by atoms with Gasteiger partial charge in [-0.15, -0.1) is 24.0 Å². The molecule has 0 aliphatic heterocycles. The number of hydrogen-bond acceptors (Lipinski definition) is 3. The number of benzene rings is 1. The number of halogens is 1. The zero-order valence-corrected chi connectivity index (χ0v) is 16.6. The van der Waals surface area contributed by atoms with Crippen LogP contribution in [0.25, 0.3) is 0 Å². The summed E-state index contributed by atoms with van der Waals surface area (Å²) in [5.41, 5.74) is 1.01. The van der Waals surface area contributed by atoms with Crippen molar-refractivity contribution in [1.29, 1.82) is 0 Å². The first-order valence-electron chi connectivity index (χ1n) is 7.21. The fourth-order valence-electron chi connectivity index (χ4n) is 1.84. The molecule has 126 valence electrons. The van der Waals surface area contributed by atoms with Crippen LogP contribution in [0.2, 0.25) is 0 Å². The number of rotatable bonds is 7. The van der Waals surface area contributed by atoms with Crippen LogP contribution in [0.3, 0.4) is 0 Å². The van der Waals surface area contributed by atoms with Crippen molar-refractivity contribution in [1.82, 2.24) is 10.6 Å².